The molecule has 2 aromatic carbocycles. The third-order valence-electron chi connectivity index (χ3n) is 5.54. The van der Waals surface area contributed by atoms with Crippen LogP contribution in [0.5, 0.6) is 0 Å². The minimum Gasteiger partial charge on any atom is -0.350 e. The molecule has 0 unspecified atom stereocenters. The van der Waals surface area contributed by atoms with Crippen molar-refractivity contribution in [3.63, 3.8) is 0 Å². The van der Waals surface area contributed by atoms with E-state index in [1.807, 2.05) is 0 Å². The van der Waals surface area contributed by atoms with E-state index in [0.717, 1.165) is 49.4 Å². The fraction of sp³-hybridized carbons (Fsp3) is 0.391. The lowest BCUT2D eigenvalue weighted by molar-refractivity contribution is -0.137. The van der Waals surface area contributed by atoms with Crippen LogP contribution in [0.3, 0.4) is 0 Å². The fourth-order valence-corrected chi connectivity index (χ4v) is 4.05. The molecule has 0 aromatic heterocycles. The van der Waals surface area contributed by atoms with Gasteiger partial charge in [0.25, 0.3) is 5.91 Å². The zero-order valence-electron chi connectivity index (χ0n) is 17.6. The van der Waals surface area contributed by atoms with E-state index in [2.05, 4.69) is 16.0 Å². The lowest BCUT2D eigenvalue weighted by Gasteiger charge is -2.33. The van der Waals surface area contributed by atoms with Crippen molar-refractivity contribution in [2.45, 2.75) is 50.5 Å². The van der Waals surface area contributed by atoms with E-state index in [9.17, 15) is 27.2 Å². The predicted molar refractivity (Wildman–Crippen MR) is 116 cm³/mol. The van der Waals surface area contributed by atoms with Crippen molar-refractivity contribution in [3.8, 4) is 0 Å². The first-order valence-electron chi connectivity index (χ1n) is 10.6. The summed E-state index contributed by atoms with van der Waals surface area (Å²) in [6.07, 6.45) is -1.10. The quantitative estimate of drug-likeness (QED) is 0.508. The highest BCUT2D eigenvalue weighted by molar-refractivity contribution is 6.31. The molecule has 5 nitrogen and oxygen atoms in total. The Labute approximate surface area is 193 Å². The van der Waals surface area contributed by atoms with Gasteiger partial charge in [-0.2, -0.15) is 13.2 Å². The van der Waals surface area contributed by atoms with Gasteiger partial charge < -0.3 is 16.0 Å². The molecule has 178 valence electrons. The molecule has 1 aliphatic carbocycles. The Bertz CT molecular complexity index is 1000. The number of alkyl halides is 3. The van der Waals surface area contributed by atoms with Crippen molar-refractivity contribution in [1.82, 2.24) is 16.0 Å². The number of halogens is 5. The van der Waals surface area contributed by atoms with Crippen LogP contribution in [0.1, 0.15) is 47.2 Å². The second-order valence-electron chi connectivity index (χ2n) is 7.94. The van der Waals surface area contributed by atoms with Crippen molar-refractivity contribution >= 4 is 23.4 Å². The van der Waals surface area contributed by atoms with Crippen LogP contribution in [-0.4, -0.2) is 30.4 Å². The molecule has 0 saturated heterocycles. The average Bonchev–Trinajstić information content (AvgIpc) is 2.77. The van der Waals surface area contributed by atoms with Crippen LogP contribution in [0.25, 0.3) is 0 Å². The van der Waals surface area contributed by atoms with Gasteiger partial charge in [-0.1, -0.05) is 36.6 Å². The summed E-state index contributed by atoms with van der Waals surface area (Å²) in [5, 5.41) is 8.91. The zero-order chi connectivity index (χ0) is 24.0. The summed E-state index contributed by atoms with van der Waals surface area (Å²) in [5.74, 6) is -1.62. The second-order valence-corrected chi connectivity index (χ2v) is 8.35. The monoisotopic (exact) mass is 485 g/mol. The molecule has 1 aliphatic rings. The van der Waals surface area contributed by atoms with Crippen molar-refractivity contribution in [2.75, 3.05) is 6.54 Å². The molecule has 0 aliphatic heterocycles. The van der Waals surface area contributed by atoms with E-state index < -0.39 is 29.4 Å². The lowest BCUT2D eigenvalue weighted by Crippen LogP contribution is -2.53. The summed E-state index contributed by atoms with van der Waals surface area (Å²) in [4.78, 5) is 24.6. The summed E-state index contributed by atoms with van der Waals surface area (Å²) in [7, 11) is 0. The summed E-state index contributed by atoms with van der Waals surface area (Å²) in [5.41, 5.74) is -0.370. The van der Waals surface area contributed by atoms with E-state index in [4.69, 9.17) is 11.6 Å². The minimum atomic E-state index is -4.56. The van der Waals surface area contributed by atoms with Gasteiger partial charge in [0.1, 0.15) is 5.82 Å². The van der Waals surface area contributed by atoms with Crippen molar-refractivity contribution < 1.29 is 27.2 Å². The van der Waals surface area contributed by atoms with Crippen LogP contribution in [0.2, 0.25) is 5.02 Å². The first kappa shape index (κ1) is 25.0. The van der Waals surface area contributed by atoms with E-state index >= 15 is 0 Å². The number of carbonyl (C=O) groups excluding carboxylic acids is 2. The van der Waals surface area contributed by atoms with E-state index in [0.29, 0.717) is 11.6 Å². The molecule has 2 aromatic rings. The highest BCUT2D eigenvalue weighted by Gasteiger charge is 2.31. The van der Waals surface area contributed by atoms with Crippen LogP contribution in [-0.2, 0) is 17.5 Å². The summed E-state index contributed by atoms with van der Waals surface area (Å²) >= 11 is 6.07. The Hall–Kier alpha value is -2.65. The topological polar surface area (TPSA) is 70.2 Å². The number of carbonyl (C=O) groups is 2. The molecular formula is C23H24ClF4N3O2. The average molecular weight is 486 g/mol. The molecule has 0 radical (unpaired) electrons. The normalized spacial score (nSPS) is 18.6. The second kappa shape index (κ2) is 11.0. The number of hydrogen-bond acceptors (Lipinski definition) is 3. The maximum Gasteiger partial charge on any atom is 0.416 e. The van der Waals surface area contributed by atoms with Crippen LogP contribution >= 0.6 is 11.6 Å². The van der Waals surface area contributed by atoms with Gasteiger partial charge in [-0.3, -0.25) is 9.59 Å². The third kappa shape index (κ3) is 7.17. The number of hydrogen-bond donors (Lipinski definition) is 3. The minimum absolute atomic E-state index is 0.0389. The molecule has 0 bridgehead atoms. The first-order valence-corrected chi connectivity index (χ1v) is 10.9. The number of rotatable bonds is 7. The van der Waals surface area contributed by atoms with Gasteiger partial charge in [-0.15, -0.1) is 0 Å². The largest absolute Gasteiger partial charge is 0.416 e. The van der Waals surface area contributed by atoms with Crippen LogP contribution in [0.15, 0.2) is 42.5 Å². The van der Waals surface area contributed by atoms with Gasteiger partial charge in [-0.25, -0.2) is 4.39 Å². The van der Waals surface area contributed by atoms with Crippen molar-refractivity contribution in [2.24, 2.45) is 0 Å². The zero-order valence-corrected chi connectivity index (χ0v) is 18.4. The van der Waals surface area contributed by atoms with Crippen LogP contribution in [0.4, 0.5) is 17.6 Å². The van der Waals surface area contributed by atoms with Gasteiger partial charge in [0.2, 0.25) is 5.91 Å². The molecule has 0 heterocycles. The molecule has 1 saturated carbocycles. The summed E-state index contributed by atoms with van der Waals surface area (Å²) in [6, 6.07) is 7.96. The van der Waals surface area contributed by atoms with E-state index in [1.54, 1.807) is 6.07 Å². The highest BCUT2D eigenvalue weighted by atomic mass is 35.5. The Kier molecular flexibility index (Phi) is 8.31. The molecule has 10 heteroatoms. The maximum absolute atomic E-state index is 13.2. The summed E-state index contributed by atoms with van der Waals surface area (Å²) in [6.45, 7) is 0.0462. The SMILES string of the molecule is O=C(CNC(=O)c1cccc(C(F)(F)F)c1)N[C@H]1CCCC[C@@H]1NCc1ccc(F)cc1Cl. The third-order valence-corrected chi connectivity index (χ3v) is 5.90. The molecule has 2 amide bonds. The Balaban J connectivity index is 1.52. The van der Waals surface area contributed by atoms with Crippen molar-refractivity contribution in [1.29, 1.82) is 0 Å². The van der Waals surface area contributed by atoms with Crippen LogP contribution < -0.4 is 16.0 Å². The Morgan fingerprint density at radius 3 is 2.45 bits per heavy atom. The van der Waals surface area contributed by atoms with Crippen molar-refractivity contribution in [3.05, 3.63) is 70.0 Å². The molecule has 3 N–H and O–H groups in total. The molecule has 3 rings (SSSR count). The molecule has 1 fully saturated rings. The van der Waals surface area contributed by atoms with Gasteiger partial charge in [0.05, 0.1) is 12.1 Å². The highest BCUT2D eigenvalue weighted by Crippen LogP contribution is 2.29. The number of nitrogens with one attached hydrogen (secondary N) is 3. The molecule has 33 heavy (non-hydrogen) atoms. The molecule has 0 spiro atoms. The Morgan fingerprint density at radius 1 is 1.03 bits per heavy atom. The maximum atomic E-state index is 13.2. The fourth-order valence-electron chi connectivity index (χ4n) is 3.81. The Morgan fingerprint density at radius 2 is 1.76 bits per heavy atom. The van der Waals surface area contributed by atoms with Gasteiger partial charge >= 0.3 is 6.18 Å². The number of amides is 2. The summed E-state index contributed by atoms with van der Waals surface area (Å²) < 4.78 is 51.7. The smallest absolute Gasteiger partial charge is 0.350 e. The molecule has 2 atom stereocenters. The van der Waals surface area contributed by atoms with Gasteiger partial charge in [0.15, 0.2) is 0 Å². The van der Waals surface area contributed by atoms with Crippen LogP contribution in [0, 0.1) is 5.82 Å². The lowest BCUT2D eigenvalue weighted by atomic mass is 9.90. The van der Waals surface area contributed by atoms with E-state index in [1.165, 1.54) is 18.2 Å². The predicted octanol–water partition coefficient (Wildman–Crippen LogP) is 4.44. The molecular weight excluding hydrogens is 462 g/mol. The first-order chi connectivity index (χ1) is 15.6. The number of benzene rings is 2. The van der Waals surface area contributed by atoms with E-state index in [-0.39, 0.29) is 24.2 Å². The van der Waals surface area contributed by atoms with Gasteiger partial charge in [-0.05, 0) is 48.7 Å². The standard InChI is InChI=1S/C23H24ClF4N3O2/c24-18-11-17(25)9-8-15(18)12-29-19-6-1-2-7-20(19)31-21(32)13-30-22(33)14-4-3-5-16(10-14)23(26,27)28/h3-5,8-11,19-20,29H,1-2,6-7,12-13H2,(H,30,33)(H,31,32)/t19-,20-/m0/s1. The van der Waals surface area contributed by atoms with Gasteiger partial charge in [0, 0.05) is 29.2 Å².